The molecule has 8 heteroatoms. The highest BCUT2D eigenvalue weighted by atomic mass is 16.5. The van der Waals surface area contributed by atoms with Gasteiger partial charge in [0.15, 0.2) is 0 Å². The Morgan fingerprint density at radius 2 is 1.84 bits per heavy atom. The lowest BCUT2D eigenvalue weighted by Gasteiger charge is -2.19. The normalized spacial score (nSPS) is 12.6. The Morgan fingerprint density at radius 1 is 1.20 bits per heavy atom. The van der Waals surface area contributed by atoms with Gasteiger partial charge in [-0.1, -0.05) is 19.1 Å². The molecule has 4 N–H and O–H groups in total. The van der Waals surface area contributed by atoms with Crippen LogP contribution in [0.5, 0.6) is 0 Å². The maximum absolute atomic E-state index is 12.5. The minimum Gasteiger partial charge on any atom is -0.466 e. The number of hydrogen-bond donors (Lipinski definition) is 3. The molecule has 3 amide bonds. The van der Waals surface area contributed by atoms with Crippen LogP contribution in [-0.4, -0.2) is 36.3 Å². The number of nitrogens with two attached hydrogens (primary N) is 1. The highest BCUT2D eigenvalue weighted by Gasteiger charge is 2.26. The molecule has 0 unspecified atom stereocenters. The van der Waals surface area contributed by atoms with Crippen LogP contribution in [0, 0.1) is 5.92 Å². The Bertz CT molecular complexity index is 659. The number of carbonyl (C=O) groups is 4. The number of carbonyl (C=O) groups excluding carboxylic acids is 4. The maximum Gasteiger partial charge on any atom is 0.308 e. The van der Waals surface area contributed by atoms with Gasteiger partial charge in [0.1, 0.15) is 6.04 Å². The first kappa shape index (κ1) is 20.1. The van der Waals surface area contributed by atoms with Crippen LogP contribution in [0.25, 0.3) is 0 Å². The summed E-state index contributed by atoms with van der Waals surface area (Å²) in [7, 11) is 0. The summed E-state index contributed by atoms with van der Waals surface area (Å²) in [5.41, 5.74) is 5.83. The van der Waals surface area contributed by atoms with Gasteiger partial charge in [-0.25, -0.2) is 0 Å². The number of amides is 3. The van der Waals surface area contributed by atoms with Crippen molar-refractivity contribution in [2.75, 3.05) is 11.9 Å². The number of hydrogen-bond acceptors (Lipinski definition) is 5. The average Bonchev–Trinajstić information content (AvgIpc) is 2.54. The molecule has 25 heavy (non-hydrogen) atoms. The second-order valence-corrected chi connectivity index (χ2v) is 5.54. The van der Waals surface area contributed by atoms with E-state index in [1.54, 1.807) is 32.0 Å². The summed E-state index contributed by atoms with van der Waals surface area (Å²) < 4.78 is 4.89. The number of para-hydroxylation sites is 1. The van der Waals surface area contributed by atoms with Crippen LogP contribution in [0.3, 0.4) is 0 Å². The van der Waals surface area contributed by atoms with Crippen LogP contribution in [-0.2, 0) is 19.1 Å². The van der Waals surface area contributed by atoms with Gasteiger partial charge in [0, 0.05) is 6.92 Å². The molecule has 0 heterocycles. The van der Waals surface area contributed by atoms with E-state index >= 15 is 0 Å². The monoisotopic (exact) mass is 349 g/mol. The van der Waals surface area contributed by atoms with Crippen LogP contribution < -0.4 is 16.4 Å². The molecular formula is C17H23N3O5. The van der Waals surface area contributed by atoms with Crippen molar-refractivity contribution in [3.8, 4) is 0 Å². The summed E-state index contributed by atoms with van der Waals surface area (Å²) >= 11 is 0. The van der Waals surface area contributed by atoms with E-state index in [1.165, 1.54) is 13.0 Å². The van der Waals surface area contributed by atoms with E-state index in [9.17, 15) is 19.2 Å². The van der Waals surface area contributed by atoms with Crippen molar-refractivity contribution in [2.24, 2.45) is 11.7 Å². The first-order valence-corrected chi connectivity index (χ1v) is 7.89. The van der Waals surface area contributed by atoms with E-state index in [-0.39, 0.29) is 24.5 Å². The third-order valence-corrected chi connectivity index (χ3v) is 3.41. The molecule has 1 aromatic carbocycles. The quantitative estimate of drug-likeness (QED) is 0.599. The SMILES string of the molecule is CCOC(=O)[C@H](C)C[C@@H](NC(=O)c1ccccc1NC(C)=O)C(N)=O. The Hall–Kier alpha value is -2.90. The van der Waals surface area contributed by atoms with Gasteiger partial charge in [-0.15, -0.1) is 0 Å². The first-order valence-electron chi connectivity index (χ1n) is 7.89. The van der Waals surface area contributed by atoms with Crippen molar-refractivity contribution >= 4 is 29.4 Å². The molecule has 0 fully saturated rings. The molecule has 0 saturated carbocycles. The van der Waals surface area contributed by atoms with Gasteiger partial charge >= 0.3 is 5.97 Å². The minimum absolute atomic E-state index is 0.0161. The molecule has 1 rings (SSSR count). The van der Waals surface area contributed by atoms with Crippen LogP contribution >= 0.6 is 0 Å². The predicted molar refractivity (Wildman–Crippen MR) is 91.6 cm³/mol. The highest BCUT2D eigenvalue weighted by Crippen LogP contribution is 2.16. The zero-order valence-electron chi connectivity index (χ0n) is 14.5. The Labute approximate surface area is 146 Å². The summed E-state index contributed by atoms with van der Waals surface area (Å²) in [5, 5.41) is 5.04. The van der Waals surface area contributed by atoms with Gasteiger partial charge in [-0.2, -0.15) is 0 Å². The fourth-order valence-corrected chi connectivity index (χ4v) is 2.20. The van der Waals surface area contributed by atoms with Crippen molar-refractivity contribution < 1.29 is 23.9 Å². The van der Waals surface area contributed by atoms with E-state index in [1.807, 2.05) is 0 Å². The smallest absolute Gasteiger partial charge is 0.308 e. The fraction of sp³-hybridized carbons (Fsp3) is 0.412. The zero-order valence-corrected chi connectivity index (χ0v) is 14.5. The van der Waals surface area contributed by atoms with Gasteiger partial charge in [0.2, 0.25) is 11.8 Å². The van der Waals surface area contributed by atoms with Crippen molar-refractivity contribution in [3.05, 3.63) is 29.8 Å². The fourth-order valence-electron chi connectivity index (χ4n) is 2.20. The van der Waals surface area contributed by atoms with Crippen molar-refractivity contribution in [1.82, 2.24) is 5.32 Å². The molecule has 0 bridgehead atoms. The third-order valence-electron chi connectivity index (χ3n) is 3.41. The van der Waals surface area contributed by atoms with Gasteiger partial charge < -0.3 is 21.1 Å². The van der Waals surface area contributed by atoms with Crippen molar-refractivity contribution in [1.29, 1.82) is 0 Å². The number of esters is 1. The van der Waals surface area contributed by atoms with Crippen molar-refractivity contribution in [3.63, 3.8) is 0 Å². The lowest BCUT2D eigenvalue weighted by atomic mass is 10.0. The maximum atomic E-state index is 12.5. The highest BCUT2D eigenvalue weighted by molar-refractivity contribution is 6.04. The molecule has 0 aliphatic rings. The molecule has 0 aliphatic carbocycles. The number of rotatable bonds is 8. The number of nitrogens with one attached hydrogen (secondary N) is 2. The molecule has 0 saturated heterocycles. The van der Waals surface area contributed by atoms with Crippen LogP contribution in [0.2, 0.25) is 0 Å². The second kappa shape index (κ2) is 9.41. The van der Waals surface area contributed by atoms with Crippen LogP contribution in [0.1, 0.15) is 37.6 Å². The third kappa shape index (κ3) is 6.25. The Kier molecular flexibility index (Phi) is 7.58. The Balaban J connectivity index is 2.89. The minimum atomic E-state index is -1.04. The topological polar surface area (TPSA) is 128 Å². The van der Waals surface area contributed by atoms with Crippen LogP contribution in [0.15, 0.2) is 24.3 Å². The Morgan fingerprint density at radius 3 is 2.40 bits per heavy atom. The molecule has 0 aliphatic heterocycles. The molecule has 0 aromatic heterocycles. The van der Waals surface area contributed by atoms with Gasteiger partial charge in [-0.3, -0.25) is 19.2 Å². The number of anilines is 1. The van der Waals surface area contributed by atoms with Gasteiger partial charge in [-0.05, 0) is 25.5 Å². The van der Waals surface area contributed by atoms with E-state index in [4.69, 9.17) is 10.5 Å². The number of ether oxygens (including phenoxy) is 1. The standard InChI is InChI=1S/C17H23N3O5/c1-4-25-17(24)10(2)9-14(15(18)22)20-16(23)12-7-5-6-8-13(12)19-11(3)21/h5-8,10,14H,4,9H2,1-3H3,(H2,18,22)(H,19,21)(H,20,23)/t10-,14-/m1/s1. The van der Waals surface area contributed by atoms with Gasteiger partial charge in [0.25, 0.3) is 5.91 Å². The summed E-state index contributed by atoms with van der Waals surface area (Å²) in [4.78, 5) is 47.0. The second-order valence-electron chi connectivity index (χ2n) is 5.54. The van der Waals surface area contributed by atoms with Crippen molar-refractivity contribution in [2.45, 2.75) is 33.2 Å². The van der Waals surface area contributed by atoms with E-state index in [0.29, 0.717) is 5.69 Å². The predicted octanol–water partition coefficient (Wildman–Crippen LogP) is 0.818. The largest absolute Gasteiger partial charge is 0.466 e. The molecular weight excluding hydrogens is 326 g/mol. The van der Waals surface area contributed by atoms with E-state index in [0.717, 1.165) is 0 Å². The lowest BCUT2D eigenvalue weighted by molar-refractivity contribution is -0.147. The number of primary amides is 1. The lowest BCUT2D eigenvalue weighted by Crippen LogP contribution is -2.46. The zero-order chi connectivity index (χ0) is 19.0. The average molecular weight is 349 g/mol. The first-order chi connectivity index (χ1) is 11.8. The van der Waals surface area contributed by atoms with E-state index in [2.05, 4.69) is 10.6 Å². The molecule has 1 aromatic rings. The van der Waals surface area contributed by atoms with Gasteiger partial charge in [0.05, 0.1) is 23.8 Å². The molecule has 2 atom stereocenters. The molecule has 0 radical (unpaired) electrons. The number of benzene rings is 1. The van der Waals surface area contributed by atoms with Crippen LogP contribution in [0.4, 0.5) is 5.69 Å². The summed E-state index contributed by atoms with van der Waals surface area (Å²) in [6.45, 7) is 4.81. The summed E-state index contributed by atoms with van der Waals surface area (Å²) in [6, 6.07) is 5.32. The summed E-state index contributed by atoms with van der Waals surface area (Å²) in [5.74, 6) is -2.75. The van der Waals surface area contributed by atoms with E-state index < -0.39 is 29.7 Å². The molecule has 136 valence electrons. The molecule has 0 spiro atoms. The molecule has 8 nitrogen and oxygen atoms in total. The summed E-state index contributed by atoms with van der Waals surface area (Å²) in [6.07, 6.45) is 0.0161.